The number of hydrogen-bond donors (Lipinski definition) is 2. The molecule has 2 N–H and O–H groups in total. The van der Waals surface area contributed by atoms with Crippen LogP contribution in [0.3, 0.4) is 0 Å². The van der Waals surface area contributed by atoms with Crippen LogP contribution in [0.4, 0.5) is 15.9 Å². The van der Waals surface area contributed by atoms with E-state index in [0.29, 0.717) is 33.0 Å². The van der Waals surface area contributed by atoms with Crippen molar-refractivity contribution < 1.29 is 22.7 Å². The molecule has 0 saturated heterocycles. The van der Waals surface area contributed by atoms with Crippen molar-refractivity contribution in [1.29, 1.82) is 0 Å². The minimum absolute atomic E-state index is 0.0191. The molecule has 0 saturated carbocycles. The van der Waals surface area contributed by atoms with E-state index in [9.17, 15) is 22.7 Å². The number of nitrogens with one attached hydrogen (secondary N) is 1. The first-order valence-corrected chi connectivity index (χ1v) is 11.8. The molecule has 0 radical (unpaired) electrons. The number of fused-ring (bicyclic) bond motifs is 1. The van der Waals surface area contributed by atoms with Crippen molar-refractivity contribution in [1.82, 2.24) is 4.98 Å². The lowest BCUT2D eigenvalue weighted by atomic mass is 9.94. The number of carboxylic acids is 1. The van der Waals surface area contributed by atoms with Crippen molar-refractivity contribution in [3.8, 4) is 0 Å². The molecule has 1 aromatic heterocycles. The molecule has 7 nitrogen and oxygen atoms in total. The van der Waals surface area contributed by atoms with Gasteiger partial charge in [-0.25, -0.2) is 17.8 Å². The highest BCUT2D eigenvalue weighted by Crippen LogP contribution is 2.41. The zero-order valence-electron chi connectivity index (χ0n) is 17.1. The van der Waals surface area contributed by atoms with E-state index in [1.807, 2.05) is 0 Å². The second-order valence-electron chi connectivity index (χ2n) is 7.32. The lowest BCUT2D eigenvalue weighted by Gasteiger charge is -2.18. The average Bonchev–Trinajstić information content (AvgIpc) is 3.02. The van der Waals surface area contributed by atoms with E-state index in [-0.39, 0.29) is 22.5 Å². The van der Waals surface area contributed by atoms with E-state index in [4.69, 9.17) is 23.2 Å². The summed E-state index contributed by atoms with van der Waals surface area (Å²) in [4.78, 5) is 18.8. The van der Waals surface area contributed by atoms with Gasteiger partial charge in [0.15, 0.2) is 0 Å². The van der Waals surface area contributed by atoms with E-state index in [0.717, 1.165) is 12.3 Å². The Labute approximate surface area is 198 Å². The molecule has 1 aromatic carbocycles. The molecule has 170 valence electrons. The van der Waals surface area contributed by atoms with E-state index in [1.54, 1.807) is 25.1 Å². The van der Waals surface area contributed by atoms with Crippen molar-refractivity contribution in [2.24, 2.45) is 4.99 Å². The fourth-order valence-corrected chi connectivity index (χ4v) is 5.68. The molecule has 0 amide bonds. The number of aliphatic imine (C=N–C) groups is 1. The molecule has 1 aliphatic carbocycles. The molecule has 0 atom stereocenters. The predicted molar refractivity (Wildman–Crippen MR) is 124 cm³/mol. The first-order valence-electron chi connectivity index (χ1n) is 9.60. The number of benzene rings is 1. The van der Waals surface area contributed by atoms with Gasteiger partial charge in [-0.3, -0.25) is 9.79 Å². The second-order valence-corrected chi connectivity index (χ2v) is 10.1. The Bertz CT molecular complexity index is 1390. The molecule has 0 unspecified atom stereocenters. The summed E-state index contributed by atoms with van der Waals surface area (Å²) in [6.07, 6.45) is 1.82. The molecule has 0 spiro atoms. The summed E-state index contributed by atoms with van der Waals surface area (Å²) in [5.41, 5.74) is 1.44. The molecule has 33 heavy (non-hydrogen) atoms. The monoisotopic (exact) mass is 507 g/mol. The lowest BCUT2D eigenvalue weighted by Crippen LogP contribution is -2.18. The Hall–Kier alpha value is -3.01. The summed E-state index contributed by atoms with van der Waals surface area (Å²) in [7, 11) is -4.36. The van der Waals surface area contributed by atoms with Crippen LogP contribution < -0.4 is 5.32 Å². The standard InChI is InChI=1S/C22H16Cl2FN3O4S/c1-11-16(9-20(29)30)21-18(27-11)4-3-17(25)22(21)33(31,32)15-2-5-19(26-10-15)28-14-7-12(23)6-13(24)8-14/h2-3,5-8,10H,4,9H2,1H3,(H,26,28)(H,29,30). The van der Waals surface area contributed by atoms with Crippen LogP contribution in [0.5, 0.6) is 0 Å². The zero-order chi connectivity index (χ0) is 23.9. The third-order valence-corrected chi connectivity index (χ3v) is 7.26. The van der Waals surface area contributed by atoms with Crippen molar-refractivity contribution in [3.63, 3.8) is 0 Å². The SMILES string of the molecule is CC1=C(CC(=O)O)C2=C(S(=O)(=O)c3ccc(Nc4cc(Cl)cc(Cl)c4)nc3)C(F)=CCC2=N1. The molecule has 1 aliphatic heterocycles. The van der Waals surface area contributed by atoms with Gasteiger partial charge in [0.05, 0.1) is 17.0 Å². The highest BCUT2D eigenvalue weighted by molar-refractivity contribution is 7.95. The smallest absolute Gasteiger partial charge is 0.307 e. The maximum absolute atomic E-state index is 14.9. The number of pyridine rings is 1. The topological polar surface area (TPSA) is 109 Å². The largest absolute Gasteiger partial charge is 0.481 e. The Morgan fingerprint density at radius 2 is 1.91 bits per heavy atom. The van der Waals surface area contributed by atoms with Crippen LogP contribution in [0.1, 0.15) is 19.8 Å². The molecular weight excluding hydrogens is 492 g/mol. The minimum atomic E-state index is -4.36. The van der Waals surface area contributed by atoms with Gasteiger partial charge < -0.3 is 10.4 Å². The number of sulfone groups is 1. The highest BCUT2D eigenvalue weighted by Gasteiger charge is 2.37. The molecular formula is C22H16Cl2FN3O4S. The van der Waals surface area contributed by atoms with Crippen LogP contribution in [0, 0.1) is 0 Å². The summed E-state index contributed by atoms with van der Waals surface area (Å²) in [6, 6.07) is 7.50. The molecule has 11 heteroatoms. The number of allylic oxidation sites excluding steroid dienone is 4. The third kappa shape index (κ3) is 4.57. The van der Waals surface area contributed by atoms with Gasteiger partial charge in [-0.05, 0) is 48.9 Å². The van der Waals surface area contributed by atoms with Crippen molar-refractivity contribution >= 4 is 56.2 Å². The molecule has 0 fully saturated rings. The second kappa shape index (κ2) is 8.74. The van der Waals surface area contributed by atoms with E-state index >= 15 is 0 Å². The van der Waals surface area contributed by atoms with Crippen LogP contribution in [0.25, 0.3) is 0 Å². The molecule has 2 aromatic rings. The number of rotatable bonds is 6. The van der Waals surface area contributed by atoms with Gasteiger partial charge in [0.2, 0.25) is 9.84 Å². The summed E-state index contributed by atoms with van der Waals surface area (Å²) >= 11 is 12.0. The average molecular weight is 508 g/mol. The first-order chi connectivity index (χ1) is 15.6. The van der Waals surface area contributed by atoms with Crippen LogP contribution in [-0.4, -0.2) is 30.2 Å². The Kier molecular flexibility index (Phi) is 6.13. The van der Waals surface area contributed by atoms with Crippen molar-refractivity contribution in [3.05, 3.63) is 80.2 Å². The van der Waals surface area contributed by atoms with E-state index in [2.05, 4.69) is 15.3 Å². The maximum atomic E-state index is 14.9. The number of anilines is 2. The van der Waals surface area contributed by atoms with Crippen LogP contribution >= 0.6 is 23.2 Å². The summed E-state index contributed by atoms with van der Waals surface area (Å²) in [5.74, 6) is -1.80. The van der Waals surface area contributed by atoms with E-state index < -0.39 is 33.0 Å². The molecule has 4 rings (SSSR count). The fraction of sp³-hybridized carbons (Fsp3) is 0.136. The number of halogens is 3. The van der Waals surface area contributed by atoms with Gasteiger partial charge in [0.25, 0.3) is 0 Å². The van der Waals surface area contributed by atoms with Crippen LogP contribution in [-0.2, 0) is 14.6 Å². The number of aromatic nitrogens is 1. The Morgan fingerprint density at radius 3 is 2.52 bits per heavy atom. The van der Waals surface area contributed by atoms with Crippen molar-refractivity contribution in [2.75, 3.05) is 5.32 Å². The highest BCUT2D eigenvalue weighted by atomic mass is 35.5. The number of aliphatic carboxylic acids is 1. The summed E-state index contributed by atoms with van der Waals surface area (Å²) in [6.45, 7) is 1.57. The van der Waals surface area contributed by atoms with Gasteiger partial charge in [-0.1, -0.05) is 23.2 Å². The Balaban J connectivity index is 1.72. The van der Waals surface area contributed by atoms with Crippen LogP contribution in [0.15, 0.2) is 80.1 Å². The van der Waals surface area contributed by atoms with E-state index in [1.165, 1.54) is 12.1 Å². The Morgan fingerprint density at radius 1 is 1.21 bits per heavy atom. The quantitative estimate of drug-likeness (QED) is 0.525. The van der Waals surface area contributed by atoms with Crippen LogP contribution in [0.2, 0.25) is 10.0 Å². The number of hydrogen-bond acceptors (Lipinski definition) is 6. The van der Waals surface area contributed by atoms with Crippen molar-refractivity contribution in [2.45, 2.75) is 24.7 Å². The first kappa shape index (κ1) is 23.2. The predicted octanol–water partition coefficient (Wildman–Crippen LogP) is 5.62. The van der Waals surface area contributed by atoms with Gasteiger partial charge in [0.1, 0.15) is 16.5 Å². The zero-order valence-corrected chi connectivity index (χ0v) is 19.4. The van der Waals surface area contributed by atoms with Gasteiger partial charge in [-0.15, -0.1) is 0 Å². The van der Waals surface area contributed by atoms with Gasteiger partial charge in [-0.2, -0.15) is 0 Å². The minimum Gasteiger partial charge on any atom is -0.481 e. The number of carbonyl (C=O) groups is 1. The number of nitrogens with zero attached hydrogens (tertiary/aromatic N) is 2. The molecule has 2 heterocycles. The lowest BCUT2D eigenvalue weighted by molar-refractivity contribution is -0.136. The number of carboxylic acid groups (broad SMARTS) is 1. The molecule has 0 bridgehead atoms. The normalized spacial score (nSPS) is 15.9. The maximum Gasteiger partial charge on any atom is 0.307 e. The third-order valence-electron chi connectivity index (χ3n) is 5.03. The van der Waals surface area contributed by atoms with Gasteiger partial charge in [0, 0.05) is 39.6 Å². The summed E-state index contributed by atoms with van der Waals surface area (Å²) in [5, 5.41) is 13.0. The van der Waals surface area contributed by atoms with Gasteiger partial charge >= 0.3 is 5.97 Å². The fourth-order valence-electron chi connectivity index (χ4n) is 3.63. The molecule has 2 aliphatic rings. The summed E-state index contributed by atoms with van der Waals surface area (Å²) < 4.78 is 41.6.